The first-order chi connectivity index (χ1) is 12.7. The molecule has 0 radical (unpaired) electrons. The molecule has 0 bridgehead atoms. The van der Waals surface area contributed by atoms with Gasteiger partial charge in [-0.2, -0.15) is 5.26 Å². The van der Waals surface area contributed by atoms with Crippen LogP contribution in [0.15, 0.2) is 64.0 Å². The molecular weight excluding hydrogens is 330 g/mol. The van der Waals surface area contributed by atoms with Gasteiger partial charge in [-0.3, -0.25) is 15.0 Å². The van der Waals surface area contributed by atoms with Gasteiger partial charge in [0.2, 0.25) is 0 Å². The van der Waals surface area contributed by atoms with Gasteiger partial charge < -0.3 is 4.42 Å². The molecule has 1 unspecified atom stereocenters. The summed E-state index contributed by atoms with van der Waals surface area (Å²) in [5.74, 6) is 0.473. The van der Waals surface area contributed by atoms with Crippen molar-refractivity contribution in [1.82, 2.24) is 4.68 Å². The SMILES string of the molecule is N#Cc1cc2c(n(Nc3ccccc3)c1=O)CC(c1ccco1)CC2=O. The third kappa shape index (κ3) is 2.70. The van der Waals surface area contributed by atoms with Crippen LogP contribution in [0.2, 0.25) is 0 Å². The van der Waals surface area contributed by atoms with E-state index in [4.69, 9.17) is 4.42 Å². The lowest BCUT2D eigenvalue weighted by Gasteiger charge is -2.26. The summed E-state index contributed by atoms with van der Waals surface area (Å²) in [5, 5.41) is 9.28. The summed E-state index contributed by atoms with van der Waals surface area (Å²) in [5.41, 5.74) is 4.17. The molecule has 0 saturated carbocycles. The summed E-state index contributed by atoms with van der Waals surface area (Å²) >= 11 is 0. The highest BCUT2D eigenvalue weighted by molar-refractivity contribution is 5.99. The Labute approximate surface area is 149 Å². The third-order valence-electron chi connectivity index (χ3n) is 4.56. The zero-order valence-electron chi connectivity index (χ0n) is 13.8. The predicted molar refractivity (Wildman–Crippen MR) is 95.0 cm³/mol. The molecule has 128 valence electrons. The van der Waals surface area contributed by atoms with Gasteiger partial charge in [-0.25, -0.2) is 4.68 Å². The van der Waals surface area contributed by atoms with Gasteiger partial charge in [0.15, 0.2) is 5.78 Å². The molecular formula is C20H15N3O3. The summed E-state index contributed by atoms with van der Waals surface area (Å²) in [4.78, 5) is 25.4. The Kier molecular flexibility index (Phi) is 3.90. The van der Waals surface area contributed by atoms with Gasteiger partial charge in [0.05, 0.1) is 17.6 Å². The van der Waals surface area contributed by atoms with Crippen LogP contribution in [0.5, 0.6) is 0 Å². The predicted octanol–water partition coefficient (Wildman–Crippen LogP) is 3.10. The number of para-hydroxylation sites is 1. The van der Waals surface area contributed by atoms with Crippen LogP contribution in [-0.2, 0) is 6.42 Å². The van der Waals surface area contributed by atoms with E-state index in [1.165, 1.54) is 10.7 Å². The third-order valence-corrected chi connectivity index (χ3v) is 4.56. The number of anilines is 1. The van der Waals surface area contributed by atoms with Crippen molar-refractivity contribution >= 4 is 11.5 Å². The molecule has 1 aromatic carbocycles. The quantitative estimate of drug-likeness (QED) is 0.788. The summed E-state index contributed by atoms with van der Waals surface area (Å²) < 4.78 is 6.77. The van der Waals surface area contributed by atoms with Gasteiger partial charge in [0, 0.05) is 24.3 Å². The Morgan fingerprint density at radius 2 is 1.92 bits per heavy atom. The Hall–Kier alpha value is -3.59. The van der Waals surface area contributed by atoms with Crippen molar-refractivity contribution in [2.45, 2.75) is 18.8 Å². The summed E-state index contributed by atoms with van der Waals surface area (Å²) in [6, 6.07) is 16.1. The van der Waals surface area contributed by atoms with E-state index < -0.39 is 5.56 Å². The van der Waals surface area contributed by atoms with E-state index in [0.717, 1.165) is 0 Å². The average molecular weight is 345 g/mol. The number of rotatable bonds is 3. The van der Waals surface area contributed by atoms with Gasteiger partial charge >= 0.3 is 0 Å². The van der Waals surface area contributed by atoms with Crippen LogP contribution in [0.25, 0.3) is 0 Å². The maximum absolute atomic E-state index is 12.7. The maximum Gasteiger partial charge on any atom is 0.287 e. The highest BCUT2D eigenvalue weighted by Crippen LogP contribution is 2.32. The van der Waals surface area contributed by atoms with E-state index in [-0.39, 0.29) is 23.7 Å². The number of carbonyl (C=O) groups is 1. The Morgan fingerprint density at radius 1 is 1.12 bits per heavy atom. The second-order valence-corrected chi connectivity index (χ2v) is 6.19. The summed E-state index contributed by atoms with van der Waals surface area (Å²) in [6.07, 6.45) is 2.33. The smallest absolute Gasteiger partial charge is 0.287 e. The van der Waals surface area contributed by atoms with Crippen molar-refractivity contribution < 1.29 is 9.21 Å². The van der Waals surface area contributed by atoms with E-state index in [1.54, 1.807) is 12.3 Å². The number of nitriles is 1. The second-order valence-electron chi connectivity index (χ2n) is 6.19. The Bertz CT molecular complexity index is 1060. The highest BCUT2D eigenvalue weighted by Gasteiger charge is 2.31. The fourth-order valence-electron chi connectivity index (χ4n) is 3.30. The molecule has 0 saturated heterocycles. The van der Waals surface area contributed by atoms with Crippen LogP contribution in [0, 0.1) is 11.3 Å². The Morgan fingerprint density at radius 3 is 2.62 bits per heavy atom. The zero-order chi connectivity index (χ0) is 18.1. The average Bonchev–Trinajstić information content (AvgIpc) is 3.19. The van der Waals surface area contributed by atoms with Crippen molar-refractivity contribution in [3.8, 4) is 6.07 Å². The molecule has 0 spiro atoms. The zero-order valence-corrected chi connectivity index (χ0v) is 13.8. The topological polar surface area (TPSA) is 88.0 Å². The van der Waals surface area contributed by atoms with Crippen LogP contribution in [-0.4, -0.2) is 10.5 Å². The lowest BCUT2D eigenvalue weighted by molar-refractivity contribution is 0.0958. The molecule has 26 heavy (non-hydrogen) atoms. The van der Waals surface area contributed by atoms with Gasteiger partial charge in [-0.15, -0.1) is 0 Å². The minimum Gasteiger partial charge on any atom is -0.469 e. The molecule has 1 aliphatic carbocycles. The normalized spacial score (nSPS) is 16.0. The van der Waals surface area contributed by atoms with Gasteiger partial charge in [-0.05, 0) is 30.3 Å². The van der Waals surface area contributed by atoms with Crippen LogP contribution in [0.1, 0.15) is 39.7 Å². The van der Waals surface area contributed by atoms with E-state index in [1.807, 2.05) is 42.5 Å². The van der Waals surface area contributed by atoms with Crippen LogP contribution >= 0.6 is 0 Å². The van der Waals surface area contributed by atoms with E-state index in [0.29, 0.717) is 29.1 Å². The van der Waals surface area contributed by atoms with E-state index in [9.17, 15) is 14.9 Å². The van der Waals surface area contributed by atoms with Crippen LogP contribution < -0.4 is 11.0 Å². The van der Waals surface area contributed by atoms with Crippen molar-refractivity contribution in [2.75, 3.05) is 5.43 Å². The van der Waals surface area contributed by atoms with Gasteiger partial charge in [0.1, 0.15) is 17.4 Å². The molecule has 3 aromatic rings. The lowest BCUT2D eigenvalue weighted by Crippen LogP contribution is -2.36. The van der Waals surface area contributed by atoms with Crippen molar-refractivity contribution in [3.63, 3.8) is 0 Å². The van der Waals surface area contributed by atoms with Gasteiger partial charge in [0.25, 0.3) is 5.56 Å². The maximum atomic E-state index is 12.7. The molecule has 2 aromatic heterocycles. The largest absolute Gasteiger partial charge is 0.469 e. The first-order valence-electron chi connectivity index (χ1n) is 8.25. The monoisotopic (exact) mass is 345 g/mol. The van der Waals surface area contributed by atoms with Crippen LogP contribution in [0.3, 0.4) is 0 Å². The number of furan rings is 1. The number of nitrogens with zero attached hydrogens (tertiary/aromatic N) is 2. The number of aromatic nitrogens is 1. The molecule has 1 N–H and O–H groups in total. The van der Waals surface area contributed by atoms with E-state index in [2.05, 4.69) is 5.43 Å². The first-order valence-corrected chi connectivity index (χ1v) is 8.25. The van der Waals surface area contributed by atoms with Crippen LogP contribution in [0.4, 0.5) is 5.69 Å². The minimum absolute atomic E-state index is 0.0584. The number of pyridine rings is 1. The standard InChI is InChI=1S/C20H15N3O3/c21-12-14-9-16-17(10-13(11-18(16)24)19-7-4-8-26-19)23(20(14)25)22-15-5-2-1-3-6-15/h1-9,13,22H,10-11H2. The molecule has 1 aliphatic rings. The number of ketones is 1. The number of Topliss-reactive ketones (excluding diaryl/α,β-unsaturated/α-hetero) is 1. The van der Waals surface area contributed by atoms with Gasteiger partial charge in [-0.1, -0.05) is 18.2 Å². The summed E-state index contributed by atoms with van der Waals surface area (Å²) in [6.45, 7) is 0. The molecule has 6 nitrogen and oxygen atoms in total. The molecule has 0 amide bonds. The number of fused-ring (bicyclic) bond motifs is 1. The molecule has 2 heterocycles. The molecule has 6 heteroatoms. The Balaban J connectivity index is 1.85. The molecule has 0 fully saturated rings. The van der Waals surface area contributed by atoms with Crippen molar-refractivity contribution in [1.29, 1.82) is 5.26 Å². The number of nitrogens with one attached hydrogen (secondary N) is 1. The highest BCUT2D eigenvalue weighted by atomic mass is 16.3. The fourth-order valence-corrected chi connectivity index (χ4v) is 3.30. The van der Waals surface area contributed by atoms with Crippen molar-refractivity contribution in [3.05, 3.63) is 87.7 Å². The fraction of sp³-hybridized carbons (Fsp3) is 0.150. The van der Waals surface area contributed by atoms with E-state index >= 15 is 0 Å². The number of hydrogen-bond acceptors (Lipinski definition) is 5. The minimum atomic E-state index is -0.469. The second kappa shape index (κ2) is 6.37. The molecule has 0 aliphatic heterocycles. The number of benzene rings is 1. The molecule has 1 atom stereocenters. The number of hydrogen-bond donors (Lipinski definition) is 1. The lowest BCUT2D eigenvalue weighted by atomic mass is 9.84. The molecule has 4 rings (SSSR count). The first kappa shape index (κ1) is 15.9. The van der Waals surface area contributed by atoms with Crippen molar-refractivity contribution in [2.24, 2.45) is 0 Å². The number of carbonyl (C=O) groups excluding carboxylic acids is 1. The summed E-state index contributed by atoms with van der Waals surface area (Å²) in [7, 11) is 0.